The lowest BCUT2D eigenvalue weighted by Crippen LogP contribution is -2.65. The molecular formula is C27H26N2+2. The summed E-state index contributed by atoms with van der Waals surface area (Å²) in [7, 11) is 0. The summed E-state index contributed by atoms with van der Waals surface area (Å²) in [5.74, 6) is 0. The number of allylic oxidation sites excluding steroid dienone is 4. The van der Waals surface area contributed by atoms with Crippen LogP contribution >= 0.6 is 0 Å². The monoisotopic (exact) mass is 378 g/mol. The van der Waals surface area contributed by atoms with Crippen LogP contribution in [-0.4, -0.2) is 11.4 Å². The Bertz CT molecular complexity index is 1060. The van der Waals surface area contributed by atoms with Gasteiger partial charge >= 0.3 is 0 Å². The van der Waals surface area contributed by atoms with Crippen molar-refractivity contribution in [1.29, 1.82) is 0 Å². The zero-order chi connectivity index (χ0) is 20.2. The molecule has 1 aliphatic carbocycles. The van der Waals surface area contributed by atoms with E-state index in [1.54, 1.807) is 0 Å². The van der Waals surface area contributed by atoms with Crippen molar-refractivity contribution in [3.63, 3.8) is 0 Å². The fraction of sp³-hybridized carbons (Fsp3) is 0.111. The van der Waals surface area contributed by atoms with E-state index in [-0.39, 0.29) is 0 Å². The predicted octanol–water partition coefficient (Wildman–Crippen LogP) is 4.87. The second-order valence-electron chi connectivity index (χ2n) is 7.54. The van der Waals surface area contributed by atoms with Gasteiger partial charge in [0.15, 0.2) is 0 Å². The van der Waals surface area contributed by atoms with Crippen LogP contribution in [0, 0.1) is 20.8 Å². The van der Waals surface area contributed by atoms with Crippen LogP contribution in [-0.2, 0) is 0 Å². The fourth-order valence-electron chi connectivity index (χ4n) is 3.33. The molecule has 142 valence electrons. The van der Waals surface area contributed by atoms with Crippen LogP contribution in [0.2, 0.25) is 0 Å². The first kappa shape index (κ1) is 18.8. The number of nitrogens with zero attached hydrogens (tertiary/aromatic N) is 1. The first-order chi connectivity index (χ1) is 14.1. The third-order valence-corrected chi connectivity index (χ3v) is 5.05. The van der Waals surface area contributed by atoms with Gasteiger partial charge in [-0.15, -0.1) is 0 Å². The van der Waals surface area contributed by atoms with Crippen molar-refractivity contribution in [3.05, 3.63) is 114 Å². The molecule has 2 nitrogen and oxygen atoms in total. The molecule has 0 heterocycles. The number of rotatable bonds is 3. The van der Waals surface area contributed by atoms with Crippen molar-refractivity contribution in [1.82, 2.24) is 4.58 Å². The number of nitrogens with one attached hydrogen (secondary N) is 1. The molecule has 0 atom stereocenters. The second kappa shape index (κ2) is 8.24. The van der Waals surface area contributed by atoms with Gasteiger partial charge in [-0.25, -0.2) is 4.99 Å². The zero-order valence-electron chi connectivity index (χ0n) is 17.2. The highest BCUT2D eigenvalue weighted by Gasteiger charge is 2.20. The molecule has 2 heteroatoms. The summed E-state index contributed by atoms with van der Waals surface area (Å²) < 4.78 is 2.29. The third kappa shape index (κ3) is 4.49. The lowest BCUT2D eigenvalue weighted by atomic mass is 10.1. The van der Waals surface area contributed by atoms with E-state index in [1.165, 1.54) is 16.7 Å². The summed E-state index contributed by atoms with van der Waals surface area (Å²) in [5.41, 5.74) is 9.38. The molecule has 29 heavy (non-hydrogen) atoms. The summed E-state index contributed by atoms with van der Waals surface area (Å²) in [6, 6.07) is 25.8. The van der Waals surface area contributed by atoms with Gasteiger partial charge in [0.05, 0.1) is 0 Å². The molecule has 1 N–H and O–H groups in total. The average Bonchev–Trinajstić information content (AvgIpc) is 2.74. The minimum absolute atomic E-state index is 1.07. The Labute approximate surface area is 172 Å². The summed E-state index contributed by atoms with van der Waals surface area (Å²) in [4.78, 5) is 3.47. The van der Waals surface area contributed by atoms with E-state index >= 15 is 0 Å². The number of aryl methyl sites for hydroxylation is 3. The highest BCUT2D eigenvalue weighted by atomic mass is 15.0. The van der Waals surface area contributed by atoms with Gasteiger partial charge in [0.1, 0.15) is 0 Å². The highest BCUT2D eigenvalue weighted by Crippen LogP contribution is 2.23. The van der Waals surface area contributed by atoms with Gasteiger partial charge in [-0.05, 0) is 20.8 Å². The van der Waals surface area contributed by atoms with Gasteiger partial charge in [0.2, 0.25) is 28.5 Å². The number of hydrogen-bond donors (Lipinski definition) is 1. The van der Waals surface area contributed by atoms with Crippen molar-refractivity contribution in [3.8, 4) is 0 Å². The molecule has 0 amide bonds. The van der Waals surface area contributed by atoms with Crippen LogP contribution < -0.4 is 9.57 Å². The van der Waals surface area contributed by atoms with Crippen molar-refractivity contribution in [2.45, 2.75) is 20.8 Å². The van der Waals surface area contributed by atoms with Crippen LogP contribution in [0.3, 0.4) is 0 Å². The normalized spacial score (nSPS) is 12.9. The van der Waals surface area contributed by atoms with Crippen LogP contribution in [0.15, 0.2) is 97.1 Å². The number of hydrogen-bond acceptors (Lipinski definition) is 0. The standard InChI is InChI=1S/C27H25N2/c1-20-4-10-23(11-5-20)28-24-12-18-27(19-13-24)29(25-14-6-21(2)7-15-25)26-16-8-22(3)9-17-26/h4-19H,1-3H3/q+1/p+1. The Morgan fingerprint density at radius 2 is 0.931 bits per heavy atom. The second-order valence-corrected chi connectivity index (χ2v) is 7.54. The summed E-state index contributed by atoms with van der Waals surface area (Å²) >= 11 is 0. The van der Waals surface area contributed by atoms with Gasteiger partial charge in [0, 0.05) is 60.7 Å². The fourth-order valence-corrected chi connectivity index (χ4v) is 3.33. The molecule has 0 saturated heterocycles. The van der Waals surface area contributed by atoms with E-state index in [0.29, 0.717) is 0 Å². The highest BCUT2D eigenvalue weighted by molar-refractivity contribution is 6.18. The molecule has 0 unspecified atom stereocenters. The molecular weight excluding hydrogens is 352 g/mol. The smallest absolute Gasteiger partial charge is 0.205 e. The molecule has 1 aliphatic rings. The lowest BCUT2D eigenvalue weighted by Gasteiger charge is -2.07. The molecule has 3 aromatic carbocycles. The summed E-state index contributed by atoms with van der Waals surface area (Å²) in [6.07, 6.45) is 8.58. The topological polar surface area (TPSA) is 17.0 Å². The van der Waals surface area contributed by atoms with Crippen molar-refractivity contribution in [2.75, 3.05) is 0 Å². The molecule has 0 aliphatic heterocycles. The van der Waals surface area contributed by atoms with Crippen molar-refractivity contribution < 1.29 is 4.99 Å². The minimum atomic E-state index is 1.07. The Balaban J connectivity index is 1.74. The number of benzene rings is 3. The first-order valence-electron chi connectivity index (χ1n) is 9.96. The molecule has 0 bridgehead atoms. The van der Waals surface area contributed by atoms with Crippen LogP contribution in [0.25, 0.3) is 0 Å². The van der Waals surface area contributed by atoms with Crippen LogP contribution in [0.4, 0.5) is 17.1 Å². The Kier molecular flexibility index (Phi) is 5.35. The molecule has 0 spiro atoms. The molecule has 0 radical (unpaired) electrons. The molecule has 4 rings (SSSR count). The van der Waals surface area contributed by atoms with E-state index < -0.39 is 0 Å². The van der Waals surface area contributed by atoms with Gasteiger partial charge < -0.3 is 0 Å². The quantitative estimate of drug-likeness (QED) is 0.495. The average molecular weight is 379 g/mol. The van der Waals surface area contributed by atoms with E-state index in [2.05, 4.69) is 127 Å². The molecule has 0 aromatic heterocycles. The summed E-state index contributed by atoms with van der Waals surface area (Å²) in [6.45, 7) is 6.33. The SMILES string of the molecule is Cc1ccc([NH+]=C2C=CC(=[N+](c3ccc(C)cc3)c3ccc(C)cc3)C=C2)cc1. The van der Waals surface area contributed by atoms with Gasteiger partial charge in [-0.3, -0.25) is 0 Å². The zero-order valence-corrected chi connectivity index (χ0v) is 17.2. The Morgan fingerprint density at radius 1 is 0.517 bits per heavy atom. The third-order valence-electron chi connectivity index (χ3n) is 5.05. The maximum atomic E-state index is 3.47. The van der Waals surface area contributed by atoms with Crippen LogP contribution in [0.1, 0.15) is 16.7 Å². The Hall–Kier alpha value is -3.52. The molecule has 0 fully saturated rings. The molecule has 3 aromatic rings. The largest absolute Gasteiger partial charge is 0.212 e. The maximum absolute atomic E-state index is 3.47. The summed E-state index contributed by atoms with van der Waals surface area (Å²) in [5, 5.41) is 0. The van der Waals surface area contributed by atoms with Gasteiger partial charge in [0.25, 0.3) is 0 Å². The maximum Gasteiger partial charge on any atom is 0.212 e. The van der Waals surface area contributed by atoms with E-state index in [9.17, 15) is 0 Å². The Morgan fingerprint density at radius 3 is 1.38 bits per heavy atom. The lowest BCUT2D eigenvalue weighted by molar-refractivity contribution is -0.351. The van der Waals surface area contributed by atoms with Crippen LogP contribution in [0.5, 0.6) is 0 Å². The minimum Gasteiger partial charge on any atom is -0.205 e. The van der Waals surface area contributed by atoms with Crippen molar-refractivity contribution in [2.24, 2.45) is 0 Å². The van der Waals surface area contributed by atoms with Crippen molar-refractivity contribution >= 4 is 28.5 Å². The van der Waals surface area contributed by atoms with E-state index in [0.717, 1.165) is 28.5 Å². The predicted molar refractivity (Wildman–Crippen MR) is 124 cm³/mol. The van der Waals surface area contributed by atoms with E-state index in [1.807, 2.05) is 0 Å². The molecule has 0 saturated carbocycles. The van der Waals surface area contributed by atoms with Gasteiger partial charge in [-0.2, -0.15) is 4.58 Å². The first-order valence-corrected chi connectivity index (χ1v) is 9.96. The van der Waals surface area contributed by atoms with E-state index in [4.69, 9.17) is 0 Å². The van der Waals surface area contributed by atoms with Gasteiger partial charge in [-0.1, -0.05) is 53.1 Å².